The highest BCUT2D eigenvalue weighted by Crippen LogP contribution is 2.14. The maximum atomic E-state index is 11.8. The third kappa shape index (κ3) is 3.41. The van der Waals surface area contributed by atoms with Crippen molar-refractivity contribution in [2.45, 2.75) is 6.42 Å². The molecule has 3 rings (SSSR count). The van der Waals surface area contributed by atoms with Gasteiger partial charge < -0.3 is 4.42 Å². The quantitative estimate of drug-likeness (QED) is 0.431. The number of furan rings is 1. The van der Waals surface area contributed by atoms with Gasteiger partial charge in [-0.1, -0.05) is 23.7 Å². The molecule has 10 heteroatoms. The van der Waals surface area contributed by atoms with E-state index in [2.05, 4.69) is 15.3 Å². The molecule has 0 aliphatic heterocycles. The molecule has 24 heavy (non-hydrogen) atoms. The molecule has 9 nitrogen and oxygen atoms in total. The summed E-state index contributed by atoms with van der Waals surface area (Å²) in [5.74, 6) is 0.115. The topological polar surface area (TPSA) is 119 Å². The highest BCUT2D eigenvalue weighted by Gasteiger charge is 2.11. The Bertz CT molecular complexity index is 954. The molecule has 0 saturated carbocycles. The van der Waals surface area contributed by atoms with Crippen LogP contribution in [0.1, 0.15) is 17.1 Å². The first kappa shape index (κ1) is 15.7. The van der Waals surface area contributed by atoms with Crippen LogP contribution in [-0.4, -0.2) is 26.0 Å². The van der Waals surface area contributed by atoms with Crippen molar-refractivity contribution < 1.29 is 9.34 Å². The van der Waals surface area contributed by atoms with E-state index in [1.54, 1.807) is 12.1 Å². The summed E-state index contributed by atoms with van der Waals surface area (Å²) in [4.78, 5) is 21.7. The van der Waals surface area contributed by atoms with E-state index in [4.69, 9.17) is 16.0 Å². The van der Waals surface area contributed by atoms with Gasteiger partial charge in [0.25, 0.3) is 0 Å². The van der Waals surface area contributed by atoms with Gasteiger partial charge in [0.1, 0.15) is 4.92 Å². The number of halogens is 1. The van der Waals surface area contributed by atoms with Crippen LogP contribution in [0.2, 0.25) is 5.02 Å². The third-order valence-electron chi connectivity index (χ3n) is 3.09. The molecule has 0 aliphatic carbocycles. The summed E-state index contributed by atoms with van der Waals surface area (Å²) in [6.45, 7) is 0. The first-order chi connectivity index (χ1) is 11.5. The summed E-state index contributed by atoms with van der Waals surface area (Å²) in [6.07, 6.45) is 1.56. The lowest BCUT2D eigenvalue weighted by Crippen LogP contribution is -2.15. The molecule has 2 aromatic heterocycles. The van der Waals surface area contributed by atoms with Crippen LogP contribution >= 0.6 is 11.6 Å². The first-order valence-electron chi connectivity index (χ1n) is 6.72. The molecule has 1 N–H and O–H groups in total. The van der Waals surface area contributed by atoms with Crippen LogP contribution in [0.3, 0.4) is 0 Å². The van der Waals surface area contributed by atoms with Crippen LogP contribution < -0.4 is 5.69 Å². The largest absolute Gasteiger partial charge is 0.433 e. The average molecular weight is 348 g/mol. The minimum absolute atomic E-state index is 0.146. The summed E-state index contributed by atoms with van der Waals surface area (Å²) in [7, 11) is 0. The van der Waals surface area contributed by atoms with Gasteiger partial charge >= 0.3 is 11.6 Å². The lowest BCUT2D eigenvalue weighted by molar-refractivity contribution is -0.402. The zero-order valence-corrected chi connectivity index (χ0v) is 12.8. The van der Waals surface area contributed by atoms with Gasteiger partial charge in [0, 0.05) is 11.4 Å². The summed E-state index contributed by atoms with van der Waals surface area (Å²) in [6, 6.07) is 9.67. The Morgan fingerprint density at radius 1 is 1.33 bits per heavy atom. The van der Waals surface area contributed by atoms with Crippen molar-refractivity contribution in [1.29, 1.82) is 0 Å². The molecule has 0 radical (unpaired) electrons. The monoisotopic (exact) mass is 347 g/mol. The normalized spacial score (nSPS) is 11.2. The maximum absolute atomic E-state index is 11.8. The van der Waals surface area contributed by atoms with Crippen LogP contribution in [-0.2, 0) is 6.42 Å². The summed E-state index contributed by atoms with van der Waals surface area (Å²) < 4.78 is 6.00. The molecule has 0 spiro atoms. The van der Waals surface area contributed by atoms with E-state index in [9.17, 15) is 14.9 Å². The fraction of sp³-hybridized carbons (Fsp3) is 0.0714. The Kier molecular flexibility index (Phi) is 4.25. The molecule has 2 heterocycles. The molecule has 0 bridgehead atoms. The zero-order chi connectivity index (χ0) is 17.1. The highest BCUT2D eigenvalue weighted by atomic mass is 35.5. The van der Waals surface area contributed by atoms with Crippen molar-refractivity contribution in [2.75, 3.05) is 0 Å². The van der Waals surface area contributed by atoms with E-state index in [0.717, 1.165) is 10.2 Å². The first-order valence-corrected chi connectivity index (χ1v) is 7.10. The number of nitrogens with zero attached hydrogens (tertiary/aromatic N) is 4. The molecule has 0 unspecified atom stereocenters. The average Bonchev–Trinajstić information content (AvgIpc) is 3.15. The number of hydrogen-bond acceptors (Lipinski definition) is 6. The highest BCUT2D eigenvalue weighted by molar-refractivity contribution is 6.30. The standard InChI is InChI=1S/C14H10ClN5O4/c15-10-3-1-9(2-4-10)7-12-17-18-14(21)19(12)16-8-11-5-6-13(24-11)20(22)23/h1-6,8H,7H2,(H,18,21)/b16-8+. The van der Waals surface area contributed by atoms with Crippen molar-refractivity contribution in [2.24, 2.45) is 5.10 Å². The van der Waals surface area contributed by atoms with Crippen molar-refractivity contribution >= 4 is 23.7 Å². The van der Waals surface area contributed by atoms with Gasteiger partial charge in [-0.2, -0.15) is 14.9 Å². The Labute approximate surface area is 139 Å². The Balaban J connectivity index is 1.84. The summed E-state index contributed by atoms with van der Waals surface area (Å²) >= 11 is 5.83. The second kappa shape index (κ2) is 6.50. The number of aromatic amines is 1. The van der Waals surface area contributed by atoms with E-state index in [-0.39, 0.29) is 5.76 Å². The second-order valence-corrected chi connectivity index (χ2v) is 5.17. The van der Waals surface area contributed by atoms with Gasteiger partial charge in [0.2, 0.25) is 0 Å². The van der Waals surface area contributed by atoms with Crippen molar-refractivity contribution in [3.05, 3.63) is 79.2 Å². The second-order valence-electron chi connectivity index (χ2n) is 4.74. The smallest absolute Gasteiger partial charge is 0.400 e. The van der Waals surface area contributed by atoms with Gasteiger partial charge in [0.15, 0.2) is 11.6 Å². The Morgan fingerprint density at radius 3 is 2.75 bits per heavy atom. The van der Waals surface area contributed by atoms with E-state index < -0.39 is 16.5 Å². The number of aromatic nitrogens is 3. The number of H-pyrrole nitrogens is 1. The van der Waals surface area contributed by atoms with Crippen LogP contribution in [0.4, 0.5) is 5.88 Å². The number of hydrogen-bond donors (Lipinski definition) is 1. The van der Waals surface area contributed by atoms with Crippen molar-refractivity contribution in [3.8, 4) is 0 Å². The molecule has 0 fully saturated rings. The van der Waals surface area contributed by atoms with Gasteiger partial charge in [-0.3, -0.25) is 10.1 Å². The Hall–Kier alpha value is -3.20. The van der Waals surface area contributed by atoms with Gasteiger partial charge in [-0.25, -0.2) is 9.89 Å². The minimum Gasteiger partial charge on any atom is -0.400 e. The zero-order valence-electron chi connectivity index (χ0n) is 12.0. The van der Waals surface area contributed by atoms with Gasteiger partial charge in [-0.15, -0.1) is 0 Å². The molecular formula is C14H10ClN5O4. The predicted octanol–water partition coefficient (Wildman–Crippen LogP) is 2.20. The van der Waals surface area contributed by atoms with Crippen molar-refractivity contribution in [1.82, 2.24) is 14.9 Å². The van der Waals surface area contributed by atoms with Crippen LogP contribution in [0.25, 0.3) is 0 Å². The van der Waals surface area contributed by atoms with Crippen LogP contribution in [0.5, 0.6) is 0 Å². The molecule has 3 aromatic rings. The Morgan fingerprint density at radius 2 is 2.08 bits per heavy atom. The van der Waals surface area contributed by atoms with E-state index in [0.29, 0.717) is 17.3 Å². The summed E-state index contributed by atoms with van der Waals surface area (Å²) in [5.41, 5.74) is 0.361. The lowest BCUT2D eigenvalue weighted by atomic mass is 10.1. The molecule has 0 aliphatic rings. The fourth-order valence-electron chi connectivity index (χ4n) is 1.97. The number of nitrogens with one attached hydrogen (secondary N) is 1. The third-order valence-corrected chi connectivity index (χ3v) is 3.34. The SMILES string of the molecule is O=c1[nH]nc(Cc2ccc(Cl)cc2)n1/N=C/c1ccc([N+](=O)[O-])o1. The van der Waals surface area contributed by atoms with Crippen LogP contribution in [0, 0.1) is 10.1 Å². The molecule has 122 valence electrons. The number of benzene rings is 1. The maximum Gasteiger partial charge on any atom is 0.433 e. The van der Waals surface area contributed by atoms with E-state index >= 15 is 0 Å². The minimum atomic E-state index is -0.659. The van der Waals surface area contributed by atoms with Crippen molar-refractivity contribution in [3.63, 3.8) is 0 Å². The molecule has 1 aromatic carbocycles. The van der Waals surface area contributed by atoms with E-state index in [1.807, 2.05) is 12.1 Å². The lowest BCUT2D eigenvalue weighted by Gasteiger charge is -2.00. The summed E-state index contributed by atoms with van der Waals surface area (Å²) in [5, 5.41) is 21.4. The van der Waals surface area contributed by atoms with E-state index in [1.165, 1.54) is 18.3 Å². The van der Waals surface area contributed by atoms with Gasteiger partial charge in [0.05, 0.1) is 12.3 Å². The molecule has 0 saturated heterocycles. The number of nitro groups is 1. The van der Waals surface area contributed by atoms with Gasteiger partial charge in [-0.05, 0) is 23.8 Å². The number of rotatable bonds is 5. The molecule has 0 atom stereocenters. The predicted molar refractivity (Wildman–Crippen MR) is 85.5 cm³/mol. The molecular weight excluding hydrogens is 338 g/mol. The fourth-order valence-corrected chi connectivity index (χ4v) is 2.09. The van der Waals surface area contributed by atoms with Crippen LogP contribution in [0.15, 0.2) is 50.7 Å². The molecule has 0 amide bonds.